The van der Waals surface area contributed by atoms with E-state index >= 15 is 0 Å². The lowest BCUT2D eigenvalue weighted by Gasteiger charge is -2.14. The fourth-order valence-electron chi connectivity index (χ4n) is 2.61. The maximum Gasteiger partial charge on any atom is 0.0590 e. The van der Waals surface area contributed by atoms with Crippen molar-refractivity contribution in [3.8, 4) is 0 Å². The third-order valence-electron chi connectivity index (χ3n) is 3.84. The van der Waals surface area contributed by atoms with E-state index in [0.29, 0.717) is 0 Å². The van der Waals surface area contributed by atoms with Crippen molar-refractivity contribution < 1.29 is 4.74 Å². The van der Waals surface area contributed by atoms with Crippen molar-refractivity contribution in [3.63, 3.8) is 0 Å². The Morgan fingerprint density at radius 2 is 1.68 bits per heavy atom. The van der Waals surface area contributed by atoms with E-state index < -0.39 is 0 Å². The van der Waals surface area contributed by atoms with E-state index in [1.54, 1.807) is 0 Å². The Balaban J connectivity index is 1.67. The minimum absolute atomic E-state index is 0.873. The monoisotopic (exact) mass is 270 g/mol. The van der Waals surface area contributed by atoms with Gasteiger partial charge in [-0.3, -0.25) is 0 Å². The SMILES string of the molecule is CCCCCCCOCCNCCCN1CCCC1. The molecule has 0 aromatic heterocycles. The minimum Gasteiger partial charge on any atom is -0.380 e. The van der Waals surface area contributed by atoms with E-state index in [0.717, 1.165) is 26.3 Å². The van der Waals surface area contributed by atoms with Crippen molar-refractivity contribution in [2.75, 3.05) is 45.9 Å². The van der Waals surface area contributed by atoms with Crippen LogP contribution in [0.3, 0.4) is 0 Å². The van der Waals surface area contributed by atoms with Gasteiger partial charge in [-0.25, -0.2) is 0 Å². The number of nitrogens with one attached hydrogen (secondary N) is 1. The molecule has 0 saturated carbocycles. The van der Waals surface area contributed by atoms with Crippen LogP contribution in [0.4, 0.5) is 0 Å². The fraction of sp³-hybridized carbons (Fsp3) is 1.00. The van der Waals surface area contributed by atoms with Crippen LogP contribution in [0.15, 0.2) is 0 Å². The third-order valence-corrected chi connectivity index (χ3v) is 3.84. The van der Waals surface area contributed by atoms with Gasteiger partial charge in [0.2, 0.25) is 0 Å². The lowest BCUT2D eigenvalue weighted by atomic mass is 10.2. The first-order valence-corrected chi connectivity index (χ1v) is 8.44. The Morgan fingerprint density at radius 3 is 2.47 bits per heavy atom. The Morgan fingerprint density at radius 1 is 0.895 bits per heavy atom. The van der Waals surface area contributed by atoms with E-state index in [1.165, 1.54) is 71.0 Å². The largest absolute Gasteiger partial charge is 0.380 e. The van der Waals surface area contributed by atoms with E-state index in [4.69, 9.17) is 4.74 Å². The van der Waals surface area contributed by atoms with Gasteiger partial charge in [0.25, 0.3) is 0 Å². The number of hydrogen-bond donors (Lipinski definition) is 1. The highest BCUT2D eigenvalue weighted by atomic mass is 16.5. The maximum absolute atomic E-state index is 5.62. The van der Waals surface area contributed by atoms with Crippen LogP contribution >= 0.6 is 0 Å². The van der Waals surface area contributed by atoms with Crippen molar-refractivity contribution in [1.29, 1.82) is 0 Å². The molecule has 1 aliphatic heterocycles. The normalized spacial score (nSPS) is 16.3. The van der Waals surface area contributed by atoms with Gasteiger partial charge in [-0.15, -0.1) is 0 Å². The maximum atomic E-state index is 5.62. The second-order valence-electron chi connectivity index (χ2n) is 5.68. The first kappa shape index (κ1) is 16.9. The number of hydrogen-bond acceptors (Lipinski definition) is 3. The number of unbranched alkanes of at least 4 members (excludes halogenated alkanes) is 4. The first-order valence-electron chi connectivity index (χ1n) is 8.44. The molecule has 0 aromatic carbocycles. The van der Waals surface area contributed by atoms with E-state index in [9.17, 15) is 0 Å². The summed E-state index contributed by atoms with van der Waals surface area (Å²) in [5, 5.41) is 3.47. The Hall–Kier alpha value is -0.120. The topological polar surface area (TPSA) is 24.5 Å². The predicted octanol–water partition coefficient (Wildman–Crippen LogP) is 3.05. The third kappa shape index (κ3) is 10.3. The average Bonchev–Trinajstić information content (AvgIpc) is 2.93. The second kappa shape index (κ2) is 12.9. The van der Waals surface area contributed by atoms with Crippen LogP contribution in [-0.2, 0) is 4.74 Å². The molecule has 0 spiro atoms. The van der Waals surface area contributed by atoms with Gasteiger partial charge in [-0.2, -0.15) is 0 Å². The summed E-state index contributed by atoms with van der Waals surface area (Å²) >= 11 is 0. The molecule has 0 radical (unpaired) electrons. The highest BCUT2D eigenvalue weighted by molar-refractivity contribution is 4.66. The molecule has 0 amide bonds. The highest BCUT2D eigenvalue weighted by Crippen LogP contribution is 2.06. The van der Waals surface area contributed by atoms with Gasteiger partial charge >= 0.3 is 0 Å². The molecular weight excluding hydrogens is 236 g/mol. The van der Waals surface area contributed by atoms with Crippen LogP contribution in [0.1, 0.15) is 58.3 Å². The molecule has 3 heteroatoms. The smallest absolute Gasteiger partial charge is 0.0590 e. The summed E-state index contributed by atoms with van der Waals surface area (Å²) in [5.41, 5.74) is 0. The van der Waals surface area contributed by atoms with Crippen molar-refractivity contribution in [2.45, 2.75) is 58.3 Å². The highest BCUT2D eigenvalue weighted by Gasteiger charge is 2.09. The van der Waals surface area contributed by atoms with Crippen LogP contribution in [0.2, 0.25) is 0 Å². The summed E-state index contributed by atoms with van der Waals surface area (Å²) in [6, 6.07) is 0. The number of ether oxygens (including phenoxy) is 1. The van der Waals surface area contributed by atoms with Crippen LogP contribution in [0, 0.1) is 0 Å². The van der Waals surface area contributed by atoms with Gasteiger partial charge < -0.3 is 15.0 Å². The van der Waals surface area contributed by atoms with Gasteiger partial charge in [0, 0.05) is 13.2 Å². The summed E-state index contributed by atoms with van der Waals surface area (Å²) in [6.07, 6.45) is 10.7. The van der Waals surface area contributed by atoms with Crippen LogP contribution in [-0.4, -0.2) is 50.8 Å². The predicted molar refractivity (Wildman–Crippen MR) is 82.7 cm³/mol. The van der Waals surface area contributed by atoms with E-state index in [-0.39, 0.29) is 0 Å². The molecule has 0 aromatic rings. The van der Waals surface area contributed by atoms with E-state index in [1.807, 2.05) is 0 Å². The van der Waals surface area contributed by atoms with Gasteiger partial charge in [0.1, 0.15) is 0 Å². The van der Waals surface area contributed by atoms with Gasteiger partial charge in [-0.1, -0.05) is 32.6 Å². The summed E-state index contributed by atoms with van der Waals surface area (Å²) in [4.78, 5) is 2.58. The van der Waals surface area contributed by atoms with Crippen LogP contribution in [0.25, 0.3) is 0 Å². The average molecular weight is 270 g/mol. The summed E-state index contributed by atoms with van der Waals surface area (Å²) in [5.74, 6) is 0. The number of likely N-dealkylation sites (tertiary alicyclic amines) is 1. The molecule has 1 heterocycles. The number of rotatable bonds is 13. The molecule has 1 fully saturated rings. The summed E-state index contributed by atoms with van der Waals surface area (Å²) < 4.78 is 5.62. The Kier molecular flexibility index (Phi) is 11.5. The quantitative estimate of drug-likeness (QED) is 0.521. The molecule has 1 rings (SSSR count). The second-order valence-corrected chi connectivity index (χ2v) is 5.68. The fourth-order valence-corrected chi connectivity index (χ4v) is 2.61. The van der Waals surface area contributed by atoms with Crippen molar-refractivity contribution in [3.05, 3.63) is 0 Å². The molecule has 0 bridgehead atoms. The first-order chi connectivity index (χ1) is 9.43. The zero-order valence-corrected chi connectivity index (χ0v) is 13.0. The van der Waals surface area contributed by atoms with Crippen molar-refractivity contribution in [1.82, 2.24) is 10.2 Å². The van der Waals surface area contributed by atoms with Gasteiger partial charge in [-0.05, 0) is 51.9 Å². The molecule has 3 nitrogen and oxygen atoms in total. The molecule has 19 heavy (non-hydrogen) atoms. The molecule has 1 saturated heterocycles. The lowest BCUT2D eigenvalue weighted by Crippen LogP contribution is -2.26. The molecule has 0 aliphatic carbocycles. The minimum atomic E-state index is 0.873. The van der Waals surface area contributed by atoms with Gasteiger partial charge in [0.15, 0.2) is 0 Å². The molecule has 0 unspecified atom stereocenters. The van der Waals surface area contributed by atoms with Crippen molar-refractivity contribution >= 4 is 0 Å². The summed E-state index contributed by atoms with van der Waals surface area (Å²) in [7, 11) is 0. The summed E-state index contributed by atoms with van der Waals surface area (Å²) in [6.45, 7) is 10.1. The molecule has 0 atom stereocenters. The zero-order valence-electron chi connectivity index (χ0n) is 13.0. The molecule has 1 N–H and O–H groups in total. The van der Waals surface area contributed by atoms with Crippen molar-refractivity contribution in [2.24, 2.45) is 0 Å². The molecular formula is C16H34N2O. The standard InChI is InChI=1S/C16H34N2O/c1-2-3-4-5-8-15-19-16-11-17-10-9-14-18-12-6-7-13-18/h17H,2-16H2,1H3. The molecule has 1 aliphatic rings. The Bertz CT molecular complexity index is 182. The number of nitrogens with zero attached hydrogens (tertiary/aromatic N) is 1. The zero-order chi connectivity index (χ0) is 13.6. The molecule has 114 valence electrons. The Labute approximate surface area is 120 Å². The van der Waals surface area contributed by atoms with Gasteiger partial charge in [0.05, 0.1) is 6.61 Å². The lowest BCUT2D eigenvalue weighted by molar-refractivity contribution is 0.131. The van der Waals surface area contributed by atoms with Crippen LogP contribution < -0.4 is 5.32 Å². The van der Waals surface area contributed by atoms with E-state index in [2.05, 4.69) is 17.1 Å². The van der Waals surface area contributed by atoms with Crippen LogP contribution in [0.5, 0.6) is 0 Å².